The molecule has 0 spiro atoms. The van der Waals surface area contributed by atoms with Crippen LogP contribution in [0.5, 0.6) is 5.75 Å². The highest BCUT2D eigenvalue weighted by atomic mass is 32.2. The molecule has 3 aromatic rings. The monoisotopic (exact) mass is 307 g/mol. The van der Waals surface area contributed by atoms with Gasteiger partial charge >= 0.3 is 0 Å². The first-order valence-corrected chi connectivity index (χ1v) is 8.51. The van der Waals surface area contributed by atoms with Crippen molar-refractivity contribution in [2.75, 3.05) is 7.11 Å². The summed E-state index contributed by atoms with van der Waals surface area (Å²) in [6, 6.07) is 27.8. The Bertz CT molecular complexity index is 699. The van der Waals surface area contributed by atoms with Gasteiger partial charge in [0, 0.05) is 6.07 Å². The van der Waals surface area contributed by atoms with Crippen molar-refractivity contribution in [2.24, 2.45) is 0 Å². The molecular weight excluding hydrogens is 288 g/mol. The summed E-state index contributed by atoms with van der Waals surface area (Å²) in [5.41, 5.74) is 1.16. The molecule has 0 heterocycles. The van der Waals surface area contributed by atoms with Crippen molar-refractivity contribution in [3.63, 3.8) is 0 Å². The lowest BCUT2D eigenvalue weighted by Crippen LogP contribution is -2.05. The summed E-state index contributed by atoms with van der Waals surface area (Å²) in [6.45, 7) is 2.08. The minimum Gasteiger partial charge on any atom is -0.496 e. The van der Waals surface area contributed by atoms with Gasteiger partial charge < -0.3 is 4.74 Å². The lowest BCUT2D eigenvalue weighted by atomic mass is 10.2. The van der Waals surface area contributed by atoms with E-state index in [-0.39, 0.29) is 10.9 Å². The molecule has 110 valence electrons. The smallest absolute Gasteiger partial charge is 0.170 e. The second kappa shape index (κ2) is 6.71. The maximum atomic E-state index is 5.51. The fourth-order valence-electron chi connectivity index (χ4n) is 2.45. The van der Waals surface area contributed by atoms with E-state index in [9.17, 15) is 0 Å². The first kappa shape index (κ1) is 14.7. The number of hydrogen-bond donors (Lipinski definition) is 0. The summed E-state index contributed by atoms with van der Waals surface area (Å²) in [5.74, 6) is 0.946. The molecule has 0 aliphatic heterocycles. The van der Waals surface area contributed by atoms with Gasteiger partial charge in [-0.15, -0.1) is 0 Å². The third kappa shape index (κ3) is 3.02. The number of ether oxygens (including phenoxy) is 1. The number of benzene rings is 3. The second-order valence-electron chi connectivity index (χ2n) is 5.06. The summed E-state index contributed by atoms with van der Waals surface area (Å²) < 4.78 is 5.51. The van der Waals surface area contributed by atoms with Crippen LogP contribution in [0, 0.1) is 6.92 Å². The molecule has 3 aromatic carbocycles. The molecular formula is C20H19OS+. The number of methoxy groups -OCH3 is 1. The van der Waals surface area contributed by atoms with Gasteiger partial charge in [-0.05, 0) is 42.8 Å². The maximum absolute atomic E-state index is 5.51. The second-order valence-corrected chi connectivity index (χ2v) is 7.09. The van der Waals surface area contributed by atoms with E-state index in [0.717, 1.165) is 11.3 Å². The topological polar surface area (TPSA) is 9.23 Å². The highest BCUT2D eigenvalue weighted by molar-refractivity contribution is 7.97. The van der Waals surface area contributed by atoms with E-state index >= 15 is 0 Å². The van der Waals surface area contributed by atoms with Crippen molar-refractivity contribution >= 4 is 10.9 Å². The van der Waals surface area contributed by atoms with E-state index in [0.29, 0.717) is 0 Å². The average molecular weight is 307 g/mol. The summed E-state index contributed by atoms with van der Waals surface area (Å²) >= 11 is 0. The van der Waals surface area contributed by atoms with Gasteiger partial charge in [0.25, 0.3) is 0 Å². The molecule has 22 heavy (non-hydrogen) atoms. The lowest BCUT2D eigenvalue weighted by Gasteiger charge is -2.10. The Balaban J connectivity index is 2.14. The normalized spacial score (nSPS) is 10.7. The number of aryl methyl sites for hydroxylation is 1. The van der Waals surface area contributed by atoms with E-state index in [1.165, 1.54) is 14.7 Å². The van der Waals surface area contributed by atoms with Crippen LogP contribution in [-0.4, -0.2) is 7.11 Å². The van der Waals surface area contributed by atoms with Crippen LogP contribution in [-0.2, 0) is 10.9 Å². The van der Waals surface area contributed by atoms with Crippen LogP contribution in [0.1, 0.15) is 5.56 Å². The van der Waals surface area contributed by atoms with Crippen LogP contribution >= 0.6 is 0 Å². The average Bonchev–Trinajstić information content (AvgIpc) is 2.58. The Kier molecular flexibility index (Phi) is 4.50. The van der Waals surface area contributed by atoms with Crippen molar-refractivity contribution in [3.05, 3.63) is 84.4 Å². The summed E-state index contributed by atoms with van der Waals surface area (Å²) in [7, 11) is 1.62. The van der Waals surface area contributed by atoms with E-state index < -0.39 is 0 Å². The van der Waals surface area contributed by atoms with Crippen molar-refractivity contribution < 1.29 is 4.74 Å². The molecule has 3 rings (SSSR count). The SMILES string of the molecule is COc1cc([S+](c2ccccc2)c2ccccc2)ccc1C. The molecule has 0 saturated heterocycles. The predicted molar refractivity (Wildman–Crippen MR) is 92.8 cm³/mol. The number of rotatable bonds is 4. The highest BCUT2D eigenvalue weighted by Gasteiger charge is 2.28. The quantitative estimate of drug-likeness (QED) is 0.609. The van der Waals surface area contributed by atoms with Crippen molar-refractivity contribution in [1.29, 1.82) is 0 Å². The van der Waals surface area contributed by atoms with Gasteiger partial charge in [-0.25, -0.2) is 0 Å². The zero-order valence-corrected chi connectivity index (χ0v) is 13.6. The molecule has 0 aliphatic carbocycles. The molecule has 0 aliphatic rings. The van der Waals surface area contributed by atoms with Crippen LogP contribution < -0.4 is 4.74 Å². The molecule has 0 atom stereocenters. The zero-order valence-electron chi connectivity index (χ0n) is 12.8. The van der Waals surface area contributed by atoms with Crippen LogP contribution in [0.15, 0.2) is 93.5 Å². The zero-order chi connectivity index (χ0) is 15.4. The molecule has 0 fully saturated rings. The van der Waals surface area contributed by atoms with Gasteiger partial charge in [-0.2, -0.15) is 0 Å². The summed E-state index contributed by atoms with van der Waals surface area (Å²) in [6.07, 6.45) is 0. The Morgan fingerprint density at radius 2 is 1.23 bits per heavy atom. The van der Waals surface area contributed by atoms with Crippen molar-refractivity contribution in [3.8, 4) is 5.75 Å². The predicted octanol–water partition coefficient (Wildman–Crippen LogP) is 5.10. The van der Waals surface area contributed by atoms with Crippen molar-refractivity contribution in [1.82, 2.24) is 0 Å². The standard InChI is InChI=1S/C20H19OS/c1-16-13-14-19(15-20(16)21-2)22(17-9-5-3-6-10-17)18-11-7-4-8-12-18/h3-15H,1-2H3/q+1. The molecule has 2 heteroatoms. The van der Waals surface area contributed by atoms with Crippen molar-refractivity contribution in [2.45, 2.75) is 21.6 Å². The van der Waals surface area contributed by atoms with Gasteiger partial charge in [0.2, 0.25) is 0 Å². The van der Waals surface area contributed by atoms with E-state index in [1.54, 1.807) is 7.11 Å². The van der Waals surface area contributed by atoms with E-state index in [4.69, 9.17) is 4.74 Å². The molecule has 0 unspecified atom stereocenters. The Hall–Kier alpha value is -2.19. The van der Waals surface area contributed by atoms with Gasteiger partial charge in [0.1, 0.15) is 5.75 Å². The van der Waals surface area contributed by atoms with Gasteiger partial charge in [0.15, 0.2) is 14.7 Å². The maximum Gasteiger partial charge on any atom is 0.170 e. The molecule has 0 bridgehead atoms. The summed E-state index contributed by atoms with van der Waals surface area (Å²) in [5, 5.41) is 0. The third-order valence-corrected chi connectivity index (χ3v) is 5.79. The highest BCUT2D eigenvalue weighted by Crippen LogP contribution is 2.33. The number of hydrogen-bond acceptors (Lipinski definition) is 1. The third-order valence-electron chi connectivity index (χ3n) is 3.57. The van der Waals surface area contributed by atoms with Crippen LogP contribution in [0.3, 0.4) is 0 Å². The first-order valence-electron chi connectivity index (χ1n) is 7.28. The van der Waals surface area contributed by atoms with Gasteiger partial charge in [-0.3, -0.25) is 0 Å². The minimum absolute atomic E-state index is 0.115. The molecule has 0 saturated carbocycles. The van der Waals surface area contributed by atoms with Crippen LogP contribution in [0.2, 0.25) is 0 Å². The Morgan fingerprint density at radius 3 is 1.73 bits per heavy atom. The molecule has 0 amide bonds. The Labute approximate surface area is 134 Å². The van der Waals surface area contributed by atoms with Gasteiger partial charge in [0.05, 0.1) is 18.0 Å². The molecule has 0 aromatic heterocycles. The largest absolute Gasteiger partial charge is 0.496 e. The van der Waals surface area contributed by atoms with E-state index in [2.05, 4.69) is 85.8 Å². The van der Waals surface area contributed by atoms with Crippen LogP contribution in [0.25, 0.3) is 0 Å². The first-order chi connectivity index (χ1) is 10.8. The van der Waals surface area contributed by atoms with Crippen LogP contribution in [0.4, 0.5) is 0 Å². The molecule has 1 nitrogen and oxygen atoms in total. The Morgan fingerprint density at radius 1 is 0.682 bits per heavy atom. The minimum atomic E-state index is -0.115. The fraction of sp³-hybridized carbons (Fsp3) is 0.100. The fourth-order valence-corrected chi connectivity index (χ4v) is 4.55. The molecule has 0 radical (unpaired) electrons. The lowest BCUT2D eigenvalue weighted by molar-refractivity contribution is 0.410. The van der Waals surface area contributed by atoms with E-state index in [1.807, 2.05) is 0 Å². The summed E-state index contributed by atoms with van der Waals surface area (Å²) in [4.78, 5) is 3.92. The molecule has 0 N–H and O–H groups in total. The van der Waals surface area contributed by atoms with Gasteiger partial charge in [-0.1, -0.05) is 42.5 Å².